The third-order valence-corrected chi connectivity index (χ3v) is 5.85. The Hall–Kier alpha value is -4.35. The third kappa shape index (κ3) is 4.29. The number of nitrogens with zero attached hydrogens (tertiary/aromatic N) is 5. The highest BCUT2D eigenvalue weighted by molar-refractivity contribution is 5.99. The SMILES string of the molecule is Cc1cccc(NC(=O)C2CNCCN2c2ncnc3ccc(-c4cccc(C#N)c4)nc23)c1. The molecule has 1 aliphatic heterocycles. The maximum absolute atomic E-state index is 13.3. The molecule has 1 atom stereocenters. The predicted octanol–water partition coefficient (Wildman–Crippen LogP) is 3.29. The van der Waals surface area contributed by atoms with Crippen LogP contribution >= 0.6 is 0 Å². The van der Waals surface area contributed by atoms with Gasteiger partial charge >= 0.3 is 0 Å². The van der Waals surface area contributed by atoms with Crippen LogP contribution in [0.5, 0.6) is 0 Å². The number of hydrogen-bond acceptors (Lipinski definition) is 7. The van der Waals surface area contributed by atoms with Gasteiger partial charge in [-0.05, 0) is 48.9 Å². The second-order valence-electron chi connectivity index (χ2n) is 8.23. The molecule has 1 unspecified atom stereocenters. The van der Waals surface area contributed by atoms with Gasteiger partial charge in [-0.2, -0.15) is 5.26 Å². The first-order valence-electron chi connectivity index (χ1n) is 11.1. The Kier molecular flexibility index (Phi) is 5.85. The molecule has 4 aromatic rings. The van der Waals surface area contributed by atoms with E-state index in [1.165, 1.54) is 6.33 Å². The van der Waals surface area contributed by atoms with Crippen molar-refractivity contribution in [2.45, 2.75) is 13.0 Å². The van der Waals surface area contributed by atoms with Crippen molar-refractivity contribution < 1.29 is 4.79 Å². The van der Waals surface area contributed by atoms with Crippen LogP contribution in [0, 0.1) is 18.3 Å². The molecular formula is C26H23N7O. The van der Waals surface area contributed by atoms with Gasteiger partial charge in [0.25, 0.3) is 0 Å². The second-order valence-corrected chi connectivity index (χ2v) is 8.23. The Morgan fingerprint density at radius 1 is 1.15 bits per heavy atom. The molecule has 0 radical (unpaired) electrons. The Labute approximate surface area is 197 Å². The molecule has 5 rings (SSSR count). The number of aromatic nitrogens is 3. The topological polar surface area (TPSA) is 107 Å². The molecule has 1 aliphatic rings. The average molecular weight is 450 g/mol. The zero-order chi connectivity index (χ0) is 23.5. The van der Waals surface area contributed by atoms with E-state index in [9.17, 15) is 10.1 Å². The summed E-state index contributed by atoms with van der Waals surface area (Å²) < 4.78 is 0. The van der Waals surface area contributed by atoms with Gasteiger partial charge in [0.05, 0.1) is 22.8 Å². The molecule has 34 heavy (non-hydrogen) atoms. The Balaban J connectivity index is 1.52. The molecule has 1 saturated heterocycles. The van der Waals surface area contributed by atoms with Gasteiger partial charge in [0, 0.05) is 30.9 Å². The number of carbonyl (C=O) groups is 1. The van der Waals surface area contributed by atoms with Gasteiger partial charge in [-0.1, -0.05) is 24.3 Å². The highest BCUT2D eigenvalue weighted by Crippen LogP contribution is 2.28. The molecule has 8 nitrogen and oxygen atoms in total. The molecule has 0 saturated carbocycles. The Bertz CT molecular complexity index is 1410. The van der Waals surface area contributed by atoms with Crippen LogP contribution in [0.25, 0.3) is 22.3 Å². The van der Waals surface area contributed by atoms with Crippen molar-refractivity contribution in [2.75, 3.05) is 29.9 Å². The molecule has 0 bridgehead atoms. The summed E-state index contributed by atoms with van der Waals surface area (Å²) >= 11 is 0. The number of rotatable bonds is 4. The molecule has 0 spiro atoms. The van der Waals surface area contributed by atoms with E-state index in [-0.39, 0.29) is 5.91 Å². The summed E-state index contributed by atoms with van der Waals surface area (Å²) in [6.07, 6.45) is 1.51. The van der Waals surface area contributed by atoms with E-state index in [4.69, 9.17) is 4.98 Å². The van der Waals surface area contributed by atoms with E-state index < -0.39 is 6.04 Å². The van der Waals surface area contributed by atoms with Crippen molar-refractivity contribution in [3.63, 3.8) is 0 Å². The van der Waals surface area contributed by atoms with Crippen molar-refractivity contribution in [3.8, 4) is 17.3 Å². The van der Waals surface area contributed by atoms with Crippen LogP contribution < -0.4 is 15.5 Å². The number of benzene rings is 2. The Morgan fingerprint density at radius 3 is 2.88 bits per heavy atom. The van der Waals surface area contributed by atoms with Gasteiger partial charge in [-0.15, -0.1) is 0 Å². The smallest absolute Gasteiger partial charge is 0.248 e. The first-order chi connectivity index (χ1) is 16.6. The summed E-state index contributed by atoms with van der Waals surface area (Å²) in [6, 6.07) is 20.6. The van der Waals surface area contributed by atoms with Crippen LogP contribution in [0.2, 0.25) is 0 Å². The van der Waals surface area contributed by atoms with Gasteiger partial charge in [0.15, 0.2) is 5.82 Å². The van der Waals surface area contributed by atoms with Crippen molar-refractivity contribution in [3.05, 3.63) is 78.1 Å². The van der Waals surface area contributed by atoms with Crippen LogP contribution in [0.4, 0.5) is 11.5 Å². The number of nitriles is 1. The summed E-state index contributed by atoms with van der Waals surface area (Å²) in [5.41, 5.74) is 5.29. The van der Waals surface area contributed by atoms with E-state index >= 15 is 0 Å². The summed E-state index contributed by atoms with van der Waals surface area (Å²) in [7, 11) is 0. The number of carbonyl (C=O) groups excluding carboxylic acids is 1. The standard InChI is InChI=1S/C26H23N7O/c1-17-4-2-7-20(12-17)31-26(34)23-15-28-10-11-33(23)25-24-22(29-16-30-25)9-8-21(32-24)19-6-3-5-18(13-19)14-27/h2-9,12-13,16,23,28H,10-11,15H2,1H3,(H,31,34). The van der Waals surface area contributed by atoms with Crippen molar-refractivity contribution in [1.29, 1.82) is 5.26 Å². The third-order valence-electron chi connectivity index (χ3n) is 5.85. The lowest BCUT2D eigenvalue weighted by molar-refractivity contribution is -0.117. The minimum atomic E-state index is -0.459. The Morgan fingerprint density at radius 2 is 2.03 bits per heavy atom. The molecule has 3 heterocycles. The molecular weight excluding hydrogens is 426 g/mol. The number of hydrogen-bond donors (Lipinski definition) is 2. The first kappa shape index (κ1) is 21.5. The normalized spacial score (nSPS) is 15.6. The lowest BCUT2D eigenvalue weighted by Crippen LogP contribution is -2.57. The van der Waals surface area contributed by atoms with Crippen molar-refractivity contribution >= 4 is 28.4 Å². The summed E-state index contributed by atoms with van der Waals surface area (Å²) in [6.45, 7) is 3.82. The molecule has 0 aliphatic carbocycles. The van der Waals surface area contributed by atoms with Gasteiger partial charge in [0.2, 0.25) is 5.91 Å². The molecule has 168 valence electrons. The van der Waals surface area contributed by atoms with Gasteiger partial charge in [-0.25, -0.2) is 15.0 Å². The number of piperazine rings is 1. The van der Waals surface area contributed by atoms with Crippen LogP contribution in [0.3, 0.4) is 0 Å². The monoisotopic (exact) mass is 449 g/mol. The number of pyridine rings is 1. The largest absolute Gasteiger partial charge is 0.340 e. The number of nitrogens with one attached hydrogen (secondary N) is 2. The predicted molar refractivity (Wildman–Crippen MR) is 131 cm³/mol. The maximum Gasteiger partial charge on any atom is 0.248 e. The average Bonchev–Trinajstić information content (AvgIpc) is 2.88. The second kappa shape index (κ2) is 9.25. The fourth-order valence-corrected chi connectivity index (χ4v) is 4.19. The zero-order valence-corrected chi connectivity index (χ0v) is 18.7. The first-order valence-corrected chi connectivity index (χ1v) is 11.1. The van der Waals surface area contributed by atoms with Crippen LogP contribution in [0.15, 0.2) is 67.0 Å². The number of anilines is 2. The lowest BCUT2D eigenvalue weighted by atomic mass is 10.1. The summed E-state index contributed by atoms with van der Waals surface area (Å²) in [5.74, 6) is 0.511. The molecule has 8 heteroatoms. The number of aryl methyl sites for hydroxylation is 1. The van der Waals surface area contributed by atoms with Gasteiger partial charge in [0.1, 0.15) is 17.9 Å². The number of fused-ring (bicyclic) bond motifs is 1. The minimum absolute atomic E-state index is 0.109. The van der Waals surface area contributed by atoms with Crippen LogP contribution in [0.1, 0.15) is 11.1 Å². The van der Waals surface area contributed by atoms with Crippen LogP contribution in [-0.4, -0.2) is 46.5 Å². The molecule has 1 fully saturated rings. The van der Waals surface area contributed by atoms with Crippen molar-refractivity contribution in [1.82, 2.24) is 20.3 Å². The highest BCUT2D eigenvalue weighted by atomic mass is 16.2. The highest BCUT2D eigenvalue weighted by Gasteiger charge is 2.31. The minimum Gasteiger partial charge on any atom is -0.340 e. The molecule has 2 N–H and O–H groups in total. The summed E-state index contributed by atoms with van der Waals surface area (Å²) in [4.78, 5) is 29.1. The van der Waals surface area contributed by atoms with E-state index in [1.807, 2.05) is 60.4 Å². The maximum atomic E-state index is 13.3. The van der Waals surface area contributed by atoms with E-state index in [1.54, 1.807) is 12.1 Å². The van der Waals surface area contributed by atoms with Gasteiger partial charge < -0.3 is 15.5 Å². The fraction of sp³-hybridized carbons (Fsp3) is 0.192. The molecule has 1 amide bonds. The van der Waals surface area contributed by atoms with E-state index in [0.717, 1.165) is 29.1 Å². The zero-order valence-electron chi connectivity index (χ0n) is 18.7. The molecule has 2 aromatic carbocycles. The van der Waals surface area contributed by atoms with Crippen molar-refractivity contribution in [2.24, 2.45) is 0 Å². The van der Waals surface area contributed by atoms with Gasteiger partial charge in [-0.3, -0.25) is 4.79 Å². The van der Waals surface area contributed by atoms with Crippen LogP contribution in [-0.2, 0) is 4.79 Å². The molecule has 2 aromatic heterocycles. The number of amides is 1. The van der Waals surface area contributed by atoms with E-state index in [2.05, 4.69) is 26.7 Å². The quantitative estimate of drug-likeness (QED) is 0.492. The van der Waals surface area contributed by atoms with E-state index in [0.29, 0.717) is 35.5 Å². The summed E-state index contributed by atoms with van der Waals surface area (Å²) in [5, 5.41) is 15.6. The fourth-order valence-electron chi connectivity index (χ4n) is 4.19. The lowest BCUT2D eigenvalue weighted by Gasteiger charge is -2.36.